The van der Waals surface area contributed by atoms with Gasteiger partial charge in [-0.15, -0.1) is 0 Å². The molecular formula is C10H13Cl2NO4S2. The maximum Gasteiger partial charge on any atom is 0.209 e. The molecule has 0 heterocycles. The molecule has 0 fully saturated rings. The number of sulfone groups is 1. The van der Waals surface area contributed by atoms with Gasteiger partial charge in [0, 0.05) is 0 Å². The summed E-state index contributed by atoms with van der Waals surface area (Å²) in [4.78, 5) is 0. The Hall–Kier alpha value is -0.340. The van der Waals surface area contributed by atoms with Gasteiger partial charge >= 0.3 is 0 Å². The second-order valence-corrected chi connectivity index (χ2v) is 8.79. The van der Waals surface area contributed by atoms with Crippen molar-refractivity contribution in [2.45, 2.75) is 12.2 Å². The fourth-order valence-electron chi connectivity index (χ4n) is 1.44. The maximum absolute atomic E-state index is 11.8. The van der Waals surface area contributed by atoms with Gasteiger partial charge in [0.25, 0.3) is 0 Å². The summed E-state index contributed by atoms with van der Waals surface area (Å²) in [5.41, 5.74) is 0.505. The Labute approximate surface area is 122 Å². The summed E-state index contributed by atoms with van der Waals surface area (Å²) in [5.74, 6) is -0.814. The highest BCUT2D eigenvalue weighted by Gasteiger charge is 2.14. The minimum atomic E-state index is -3.63. The summed E-state index contributed by atoms with van der Waals surface area (Å²) in [7, 11) is -7.04. The molecule has 0 aromatic heterocycles. The van der Waals surface area contributed by atoms with E-state index in [1.807, 2.05) is 0 Å². The van der Waals surface area contributed by atoms with Gasteiger partial charge in [0.15, 0.2) is 9.84 Å². The molecule has 1 aromatic carbocycles. The fraction of sp³-hybridized carbons (Fsp3) is 0.400. The molecule has 1 aromatic rings. The molecule has 0 aliphatic rings. The van der Waals surface area contributed by atoms with Gasteiger partial charge in [-0.2, -0.15) is 0 Å². The van der Waals surface area contributed by atoms with Crippen LogP contribution in [0.5, 0.6) is 0 Å². The topological polar surface area (TPSA) is 94.3 Å². The van der Waals surface area contributed by atoms with Crippen LogP contribution < -0.4 is 5.14 Å². The Bertz CT molecular complexity index is 656. The molecule has 0 radical (unpaired) electrons. The van der Waals surface area contributed by atoms with Crippen LogP contribution in [0.25, 0.3) is 0 Å². The second kappa shape index (κ2) is 6.41. The number of benzene rings is 1. The lowest BCUT2D eigenvalue weighted by molar-refractivity contribution is 0.590. The monoisotopic (exact) mass is 345 g/mol. The zero-order valence-electron chi connectivity index (χ0n) is 9.84. The molecule has 0 saturated carbocycles. The van der Waals surface area contributed by atoms with E-state index in [9.17, 15) is 16.8 Å². The van der Waals surface area contributed by atoms with Gasteiger partial charge in [-0.3, -0.25) is 0 Å². The first-order valence-corrected chi connectivity index (χ1v) is 9.53. The average molecular weight is 346 g/mol. The molecule has 0 saturated heterocycles. The van der Waals surface area contributed by atoms with E-state index in [2.05, 4.69) is 0 Å². The molecule has 2 N–H and O–H groups in total. The fourth-order valence-corrected chi connectivity index (χ4v) is 3.90. The van der Waals surface area contributed by atoms with Crippen LogP contribution in [0.15, 0.2) is 18.2 Å². The van der Waals surface area contributed by atoms with Gasteiger partial charge in [0.1, 0.15) is 0 Å². The smallest absolute Gasteiger partial charge is 0.209 e. The number of sulfonamides is 1. The van der Waals surface area contributed by atoms with E-state index < -0.39 is 19.9 Å². The molecule has 0 unspecified atom stereocenters. The predicted octanol–water partition coefficient (Wildman–Crippen LogP) is 1.59. The zero-order chi connectivity index (χ0) is 14.7. The molecule has 0 aliphatic heterocycles. The lowest BCUT2D eigenvalue weighted by atomic mass is 10.2. The molecular weight excluding hydrogens is 333 g/mol. The number of halogens is 2. The van der Waals surface area contributed by atoms with Crippen LogP contribution >= 0.6 is 23.2 Å². The van der Waals surface area contributed by atoms with Gasteiger partial charge in [-0.1, -0.05) is 29.3 Å². The van der Waals surface area contributed by atoms with Crippen molar-refractivity contribution >= 4 is 43.1 Å². The second-order valence-electron chi connectivity index (χ2n) is 4.06. The normalized spacial score (nSPS) is 12.6. The Morgan fingerprint density at radius 2 is 1.63 bits per heavy atom. The summed E-state index contributed by atoms with van der Waals surface area (Å²) in [6.45, 7) is 0. The number of primary sulfonamides is 1. The molecule has 19 heavy (non-hydrogen) atoms. The minimum absolute atomic E-state index is 0.0253. The number of hydrogen-bond acceptors (Lipinski definition) is 4. The van der Waals surface area contributed by atoms with E-state index in [0.29, 0.717) is 10.6 Å². The van der Waals surface area contributed by atoms with Crippen molar-refractivity contribution in [1.29, 1.82) is 0 Å². The van der Waals surface area contributed by atoms with Gasteiger partial charge in [0.2, 0.25) is 10.0 Å². The summed E-state index contributed by atoms with van der Waals surface area (Å²) in [5, 5.41) is 5.42. The highest BCUT2D eigenvalue weighted by Crippen LogP contribution is 2.23. The third kappa shape index (κ3) is 6.58. The molecule has 0 aliphatic carbocycles. The third-order valence-electron chi connectivity index (χ3n) is 2.25. The Balaban J connectivity index is 2.66. The lowest BCUT2D eigenvalue weighted by Gasteiger charge is -2.05. The molecule has 0 atom stereocenters. The van der Waals surface area contributed by atoms with E-state index in [1.54, 1.807) is 6.07 Å². The molecule has 0 amide bonds. The Morgan fingerprint density at radius 3 is 2.16 bits per heavy atom. The molecule has 108 valence electrons. The molecule has 9 heteroatoms. The maximum atomic E-state index is 11.8. The minimum Gasteiger partial charge on any atom is -0.229 e. The van der Waals surface area contributed by atoms with Crippen LogP contribution in [0.4, 0.5) is 0 Å². The number of hydrogen-bond donors (Lipinski definition) is 1. The lowest BCUT2D eigenvalue weighted by Crippen LogP contribution is -2.19. The first-order valence-electron chi connectivity index (χ1n) is 5.24. The van der Waals surface area contributed by atoms with Crippen molar-refractivity contribution in [1.82, 2.24) is 0 Å². The first-order chi connectivity index (χ1) is 8.59. The van der Waals surface area contributed by atoms with Crippen LogP contribution in [-0.4, -0.2) is 28.3 Å². The van der Waals surface area contributed by atoms with Gasteiger partial charge in [-0.05, 0) is 24.1 Å². The van der Waals surface area contributed by atoms with E-state index in [0.717, 1.165) is 0 Å². The standard InChI is InChI=1S/C10H13Cl2NO4S2/c11-9-3-2-8(6-10(9)12)7-18(14,15)4-1-5-19(13,16)17/h2-3,6H,1,4-5,7H2,(H2,13,16,17). The zero-order valence-corrected chi connectivity index (χ0v) is 13.0. The van der Waals surface area contributed by atoms with Crippen LogP contribution in [-0.2, 0) is 25.6 Å². The number of nitrogens with two attached hydrogens (primary N) is 1. The largest absolute Gasteiger partial charge is 0.229 e. The van der Waals surface area contributed by atoms with Crippen molar-refractivity contribution in [2.24, 2.45) is 5.14 Å². The third-order valence-corrected chi connectivity index (χ3v) is 5.54. The van der Waals surface area contributed by atoms with Crippen LogP contribution in [0.3, 0.4) is 0 Å². The molecule has 5 nitrogen and oxygen atoms in total. The molecule has 0 bridgehead atoms. The predicted molar refractivity (Wildman–Crippen MR) is 76.5 cm³/mol. The summed E-state index contributed by atoms with van der Waals surface area (Å²) < 4.78 is 45.0. The van der Waals surface area contributed by atoms with E-state index in [1.165, 1.54) is 12.1 Å². The van der Waals surface area contributed by atoms with Crippen molar-refractivity contribution < 1.29 is 16.8 Å². The van der Waals surface area contributed by atoms with E-state index in [-0.39, 0.29) is 28.7 Å². The van der Waals surface area contributed by atoms with Gasteiger partial charge in [-0.25, -0.2) is 22.0 Å². The summed E-state index contributed by atoms with van der Waals surface area (Å²) in [6.07, 6.45) is -0.0253. The summed E-state index contributed by atoms with van der Waals surface area (Å²) >= 11 is 11.5. The first kappa shape index (κ1) is 16.7. The quantitative estimate of drug-likeness (QED) is 0.846. The number of rotatable bonds is 6. The molecule has 0 spiro atoms. The van der Waals surface area contributed by atoms with Crippen LogP contribution in [0, 0.1) is 0 Å². The van der Waals surface area contributed by atoms with Crippen molar-refractivity contribution in [2.75, 3.05) is 11.5 Å². The Morgan fingerprint density at radius 1 is 1.00 bits per heavy atom. The van der Waals surface area contributed by atoms with Crippen LogP contribution in [0.1, 0.15) is 12.0 Å². The SMILES string of the molecule is NS(=O)(=O)CCCS(=O)(=O)Cc1ccc(Cl)c(Cl)c1. The average Bonchev–Trinajstić information content (AvgIpc) is 2.20. The van der Waals surface area contributed by atoms with Crippen molar-refractivity contribution in [3.8, 4) is 0 Å². The van der Waals surface area contributed by atoms with E-state index >= 15 is 0 Å². The van der Waals surface area contributed by atoms with E-state index in [4.69, 9.17) is 28.3 Å². The van der Waals surface area contributed by atoms with Crippen molar-refractivity contribution in [3.05, 3.63) is 33.8 Å². The van der Waals surface area contributed by atoms with Crippen molar-refractivity contribution in [3.63, 3.8) is 0 Å². The van der Waals surface area contributed by atoms with Gasteiger partial charge < -0.3 is 0 Å². The summed E-state index contributed by atoms with van der Waals surface area (Å²) in [6, 6.07) is 4.55. The highest BCUT2D eigenvalue weighted by molar-refractivity contribution is 7.91. The van der Waals surface area contributed by atoms with Gasteiger partial charge in [0.05, 0.1) is 27.3 Å². The molecule has 1 rings (SSSR count). The van der Waals surface area contributed by atoms with Crippen LogP contribution in [0.2, 0.25) is 10.0 Å². The highest BCUT2D eigenvalue weighted by atomic mass is 35.5. The Kier molecular flexibility index (Phi) is 5.64.